The molecule has 1 aliphatic heterocycles. The molecule has 41 heavy (non-hydrogen) atoms. The van der Waals surface area contributed by atoms with Crippen LogP contribution in [0.1, 0.15) is 28.2 Å². The smallest absolute Gasteiger partial charge is 0.266 e. The number of hydrogen-bond acceptors (Lipinski definition) is 9. The summed E-state index contributed by atoms with van der Waals surface area (Å²) in [6.45, 7) is 0.884. The summed E-state index contributed by atoms with van der Waals surface area (Å²) >= 11 is 1.37. The first kappa shape index (κ1) is 28.7. The second-order valence-corrected chi connectivity index (χ2v) is 12.9. The lowest BCUT2D eigenvalue weighted by molar-refractivity contribution is -0.131. The van der Waals surface area contributed by atoms with Gasteiger partial charge in [-0.1, -0.05) is 42.5 Å². The number of para-hydroxylation sites is 2. The lowest BCUT2D eigenvalue weighted by Crippen LogP contribution is -2.58. The number of nitrogens with zero attached hydrogens (tertiary/aromatic N) is 1. The summed E-state index contributed by atoms with van der Waals surface area (Å²) in [5, 5.41) is 11.8. The van der Waals surface area contributed by atoms with Gasteiger partial charge in [-0.2, -0.15) is 11.3 Å². The molecule has 5 rings (SSSR count). The van der Waals surface area contributed by atoms with Crippen LogP contribution in [0.4, 0.5) is 0 Å². The van der Waals surface area contributed by atoms with Crippen molar-refractivity contribution in [3.8, 4) is 0 Å². The normalized spacial score (nSPS) is 15.1. The number of carbonyl (C=O) groups excluding carboxylic acids is 3. The minimum Gasteiger partial charge on any atom is -0.434 e. The van der Waals surface area contributed by atoms with E-state index < -0.39 is 45.3 Å². The largest absolute Gasteiger partial charge is 0.434 e. The van der Waals surface area contributed by atoms with Gasteiger partial charge in [-0.25, -0.2) is 13.4 Å². The molecule has 0 radical (unpaired) electrons. The Morgan fingerprint density at radius 2 is 1.73 bits per heavy atom. The van der Waals surface area contributed by atoms with Crippen molar-refractivity contribution < 1.29 is 27.2 Å². The number of fused-ring (bicyclic) bond motifs is 1. The number of rotatable bonds is 13. The molecule has 3 heterocycles. The molecule has 0 unspecified atom stereocenters. The number of benzene rings is 2. The molecule has 214 valence electrons. The quantitative estimate of drug-likeness (QED) is 0.200. The highest BCUT2D eigenvalue weighted by atomic mass is 32.2. The number of nitrogens with one attached hydrogen (secondary N) is 3. The van der Waals surface area contributed by atoms with E-state index in [0.717, 1.165) is 5.56 Å². The fourth-order valence-corrected chi connectivity index (χ4v) is 6.83. The summed E-state index contributed by atoms with van der Waals surface area (Å²) in [5.74, 6) is -3.11. The molecule has 2 amide bonds. The summed E-state index contributed by atoms with van der Waals surface area (Å²) in [4.78, 5) is 44.3. The second kappa shape index (κ2) is 12.8. The Hall–Kier alpha value is -3.87. The molecule has 12 heteroatoms. The van der Waals surface area contributed by atoms with Gasteiger partial charge in [-0.05, 0) is 52.9 Å². The molecular weight excluding hydrogens is 564 g/mol. The highest BCUT2D eigenvalue weighted by Crippen LogP contribution is 2.18. The highest BCUT2D eigenvalue weighted by Gasteiger charge is 2.35. The third-order valence-electron chi connectivity index (χ3n) is 6.87. The zero-order valence-corrected chi connectivity index (χ0v) is 23.7. The summed E-state index contributed by atoms with van der Waals surface area (Å²) in [6.07, 6.45) is 0.668. The Bertz CT molecular complexity index is 1580. The van der Waals surface area contributed by atoms with Crippen molar-refractivity contribution in [1.29, 1.82) is 0 Å². The van der Waals surface area contributed by atoms with Crippen molar-refractivity contribution in [3.05, 3.63) is 88.4 Å². The van der Waals surface area contributed by atoms with E-state index in [2.05, 4.69) is 20.9 Å². The number of hydrogen-bond donors (Lipinski definition) is 3. The zero-order valence-electron chi connectivity index (χ0n) is 22.1. The van der Waals surface area contributed by atoms with Crippen molar-refractivity contribution in [2.75, 3.05) is 18.8 Å². The predicted octanol–water partition coefficient (Wildman–Crippen LogP) is 2.51. The molecular formula is C29H30N4O6S2. The first-order valence-corrected chi connectivity index (χ1v) is 16.0. The molecule has 0 aliphatic carbocycles. The van der Waals surface area contributed by atoms with E-state index >= 15 is 0 Å². The lowest BCUT2D eigenvalue weighted by Gasteiger charge is -2.28. The van der Waals surface area contributed by atoms with Gasteiger partial charge in [0.25, 0.3) is 5.89 Å². The third kappa shape index (κ3) is 7.46. The monoisotopic (exact) mass is 594 g/mol. The van der Waals surface area contributed by atoms with E-state index in [1.807, 2.05) is 30.3 Å². The van der Waals surface area contributed by atoms with E-state index in [1.165, 1.54) is 11.3 Å². The van der Waals surface area contributed by atoms with Gasteiger partial charge in [0, 0.05) is 13.1 Å². The Labute approximate surface area is 241 Å². The SMILES string of the molecule is O=C(N[C@H](CS(=O)(=O)Cc1ccsc1)C(=O)N[C@@H](CCc1ccccc1)C(=O)c1nc2ccccc2o1)C1CNC1. The zero-order chi connectivity index (χ0) is 28.8. The number of ketones is 1. The van der Waals surface area contributed by atoms with Crippen LogP contribution in [0.25, 0.3) is 11.1 Å². The first-order valence-electron chi connectivity index (χ1n) is 13.2. The van der Waals surface area contributed by atoms with E-state index in [0.29, 0.717) is 36.2 Å². The van der Waals surface area contributed by atoms with E-state index in [-0.39, 0.29) is 24.0 Å². The minimum atomic E-state index is -3.79. The first-order chi connectivity index (χ1) is 19.8. The Balaban J connectivity index is 1.37. The third-order valence-corrected chi connectivity index (χ3v) is 9.22. The standard InChI is InChI=1S/C29H30N4O6S2/c34-26(29-33-22-8-4-5-9-25(22)39-29)23(11-10-19-6-2-1-3-7-19)31-28(36)24(32-27(35)21-14-30-15-21)18-41(37,38)17-20-12-13-40-16-20/h1-9,12-13,16,21,23-24,30H,10-11,14-15,17-18H2,(H,31,36)(H,32,35)/t23-,24+/m0/s1. The molecule has 3 N–H and O–H groups in total. The Morgan fingerprint density at radius 1 is 0.976 bits per heavy atom. The van der Waals surface area contributed by atoms with Crippen LogP contribution in [-0.2, 0) is 31.6 Å². The van der Waals surface area contributed by atoms with Crippen LogP contribution in [0.3, 0.4) is 0 Å². The number of thiophene rings is 1. The Kier molecular flexibility index (Phi) is 8.91. The van der Waals surface area contributed by atoms with Gasteiger partial charge >= 0.3 is 0 Å². The maximum Gasteiger partial charge on any atom is 0.266 e. The fraction of sp³-hybridized carbons (Fsp3) is 0.310. The molecule has 1 saturated heterocycles. The number of oxazole rings is 1. The van der Waals surface area contributed by atoms with Crippen LogP contribution >= 0.6 is 11.3 Å². The second-order valence-electron chi connectivity index (χ2n) is 10.0. The molecule has 4 aromatic rings. The maximum atomic E-state index is 13.6. The van der Waals surface area contributed by atoms with Crippen molar-refractivity contribution in [2.45, 2.75) is 30.7 Å². The average Bonchev–Trinajstić information content (AvgIpc) is 3.59. The molecule has 2 atom stereocenters. The molecule has 1 aliphatic rings. The van der Waals surface area contributed by atoms with Gasteiger partial charge in [0.1, 0.15) is 11.6 Å². The summed E-state index contributed by atoms with van der Waals surface area (Å²) in [5.41, 5.74) is 2.50. The number of sulfone groups is 1. The fourth-order valence-electron chi connectivity index (χ4n) is 4.51. The minimum absolute atomic E-state index is 0.157. The van der Waals surface area contributed by atoms with Gasteiger partial charge in [-0.15, -0.1) is 0 Å². The van der Waals surface area contributed by atoms with Crippen LogP contribution in [0.2, 0.25) is 0 Å². The van der Waals surface area contributed by atoms with Gasteiger partial charge < -0.3 is 20.4 Å². The molecule has 0 spiro atoms. The Morgan fingerprint density at radius 3 is 2.41 bits per heavy atom. The van der Waals surface area contributed by atoms with Gasteiger partial charge in [0.05, 0.1) is 23.5 Å². The predicted molar refractivity (Wildman–Crippen MR) is 155 cm³/mol. The van der Waals surface area contributed by atoms with Gasteiger partial charge in [0.2, 0.25) is 17.6 Å². The van der Waals surface area contributed by atoms with Crippen LogP contribution in [0.5, 0.6) is 0 Å². The molecule has 2 aromatic heterocycles. The summed E-state index contributed by atoms with van der Waals surface area (Å²) < 4.78 is 31.8. The van der Waals surface area contributed by atoms with Crippen LogP contribution in [0.15, 0.2) is 75.8 Å². The molecule has 10 nitrogen and oxygen atoms in total. The van der Waals surface area contributed by atoms with Crippen LogP contribution in [0, 0.1) is 5.92 Å². The number of carbonyl (C=O) groups is 3. The molecule has 1 fully saturated rings. The number of aryl methyl sites for hydroxylation is 1. The number of amides is 2. The topological polar surface area (TPSA) is 147 Å². The lowest BCUT2D eigenvalue weighted by atomic mass is 10.0. The average molecular weight is 595 g/mol. The maximum absolute atomic E-state index is 13.6. The van der Waals surface area contributed by atoms with Gasteiger partial charge in [0.15, 0.2) is 15.4 Å². The summed E-state index contributed by atoms with van der Waals surface area (Å²) in [7, 11) is -3.79. The van der Waals surface area contributed by atoms with Crippen molar-refractivity contribution in [1.82, 2.24) is 20.9 Å². The van der Waals surface area contributed by atoms with Gasteiger partial charge in [-0.3, -0.25) is 14.4 Å². The van der Waals surface area contributed by atoms with Crippen molar-refractivity contribution in [2.24, 2.45) is 5.92 Å². The van der Waals surface area contributed by atoms with E-state index in [9.17, 15) is 22.8 Å². The van der Waals surface area contributed by atoms with Crippen LogP contribution in [-0.4, -0.2) is 61.9 Å². The van der Waals surface area contributed by atoms with Crippen molar-refractivity contribution >= 4 is 49.9 Å². The summed E-state index contributed by atoms with van der Waals surface area (Å²) in [6, 6.07) is 15.7. The van der Waals surface area contributed by atoms with E-state index in [4.69, 9.17) is 4.42 Å². The molecule has 2 aromatic carbocycles. The van der Waals surface area contributed by atoms with Crippen molar-refractivity contribution in [3.63, 3.8) is 0 Å². The number of aromatic nitrogens is 1. The molecule has 0 bridgehead atoms. The molecule has 0 saturated carbocycles. The highest BCUT2D eigenvalue weighted by molar-refractivity contribution is 7.90. The van der Waals surface area contributed by atoms with E-state index in [1.54, 1.807) is 41.1 Å². The number of Topliss-reactive ketones (excluding diaryl/α,β-unsaturated/α-hetero) is 1. The van der Waals surface area contributed by atoms with Crippen LogP contribution < -0.4 is 16.0 Å².